The third-order valence-electron chi connectivity index (χ3n) is 3.34. The SMILES string of the molecule is Cc1ccc(C)c(NC(=O)c2cnc3ccc(Br)cn23)c1. The number of rotatable bonds is 2. The van der Waals surface area contributed by atoms with Crippen LogP contribution in [0.3, 0.4) is 0 Å². The van der Waals surface area contributed by atoms with E-state index in [1.165, 1.54) is 0 Å². The number of amides is 1. The highest BCUT2D eigenvalue weighted by molar-refractivity contribution is 9.10. The van der Waals surface area contributed by atoms with Crippen molar-refractivity contribution in [1.29, 1.82) is 0 Å². The number of imidazole rings is 1. The van der Waals surface area contributed by atoms with Gasteiger partial charge in [-0.2, -0.15) is 0 Å². The monoisotopic (exact) mass is 343 g/mol. The largest absolute Gasteiger partial charge is 0.320 e. The molecule has 21 heavy (non-hydrogen) atoms. The van der Waals surface area contributed by atoms with E-state index < -0.39 is 0 Å². The minimum Gasteiger partial charge on any atom is -0.320 e. The number of pyridine rings is 1. The maximum Gasteiger partial charge on any atom is 0.274 e. The van der Waals surface area contributed by atoms with Crippen molar-refractivity contribution in [2.75, 3.05) is 5.32 Å². The Labute approximate surface area is 131 Å². The molecule has 0 saturated carbocycles. The Bertz CT molecular complexity index is 839. The van der Waals surface area contributed by atoms with Gasteiger partial charge in [-0.25, -0.2) is 4.98 Å². The number of benzene rings is 1. The van der Waals surface area contributed by atoms with E-state index in [0.717, 1.165) is 26.9 Å². The first-order valence-electron chi connectivity index (χ1n) is 6.56. The first-order chi connectivity index (χ1) is 10.0. The molecule has 0 radical (unpaired) electrons. The summed E-state index contributed by atoms with van der Waals surface area (Å²) in [6.07, 6.45) is 3.42. The van der Waals surface area contributed by atoms with Crippen LogP contribution in [0.2, 0.25) is 0 Å². The lowest BCUT2D eigenvalue weighted by Gasteiger charge is -2.09. The van der Waals surface area contributed by atoms with Gasteiger partial charge in [0.1, 0.15) is 11.3 Å². The molecule has 0 saturated heterocycles. The van der Waals surface area contributed by atoms with Crippen molar-refractivity contribution in [2.24, 2.45) is 0 Å². The second-order valence-corrected chi connectivity index (χ2v) is 5.91. The fourth-order valence-corrected chi connectivity index (χ4v) is 2.52. The van der Waals surface area contributed by atoms with Gasteiger partial charge in [0.05, 0.1) is 6.20 Å². The topological polar surface area (TPSA) is 46.4 Å². The van der Waals surface area contributed by atoms with Gasteiger partial charge in [0, 0.05) is 16.4 Å². The summed E-state index contributed by atoms with van der Waals surface area (Å²) in [6.45, 7) is 3.97. The number of aryl methyl sites for hydroxylation is 2. The number of aromatic nitrogens is 2. The molecule has 0 unspecified atom stereocenters. The zero-order valence-corrected chi connectivity index (χ0v) is 13.3. The highest BCUT2D eigenvalue weighted by atomic mass is 79.9. The molecule has 1 amide bonds. The fraction of sp³-hybridized carbons (Fsp3) is 0.125. The summed E-state index contributed by atoms with van der Waals surface area (Å²) in [5.41, 5.74) is 4.21. The minimum absolute atomic E-state index is 0.172. The molecule has 1 N–H and O–H groups in total. The first-order valence-corrected chi connectivity index (χ1v) is 7.35. The molecule has 0 aliphatic rings. The number of hydrogen-bond acceptors (Lipinski definition) is 2. The Balaban J connectivity index is 1.97. The predicted molar refractivity (Wildman–Crippen MR) is 86.8 cm³/mol. The van der Waals surface area contributed by atoms with Gasteiger partial charge >= 0.3 is 0 Å². The number of halogens is 1. The van der Waals surface area contributed by atoms with Crippen LogP contribution in [0.25, 0.3) is 5.65 Å². The molecule has 5 heteroatoms. The Morgan fingerprint density at radius 2 is 2.05 bits per heavy atom. The van der Waals surface area contributed by atoms with Gasteiger partial charge in [-0.1, -0.05) is 12.1 Å². The van der Waals surface area contributed by atoms with Crippen molar-refractivity contribution in [1.82, 2.24) is 9.38 Å². The van der Waals surface area contributed by atoms with Gasteiger partial charge < -0.3 is 5.32 Å². The Morgan fingerprint density at radius 3 is 2.86 bits per heavy atom. The lowest BCUT2D eigenvalue weighted by molar-refractivity contribution is 0.102. The van der Waals surface area contributed by atoms with Crippen molar-refractivity contribution >= 4 is 33.2 Å². The smallest absolute Gasteiger partial charge is 0.274 e. The van der Waals surface area contributed by atoms with Gasteiger partial charge in [-0.3, -0.25) is 9.20 Å². The Kier molecular flexibility index (Phi) is 3.51. The summed E-state index contributed by atoms with van der Waals surface area (Å²) in [4.78, 5) is 16.7. The zero-order chi connectivity index (χ0) is 15.0. The van der Waals surface area contributed by atoms with E-state index >= 15 is 0 Å². The van der Waals surface area contributed by atoms with E-state index in [4.69, 9.17) is 0 Å². The molecule has 0 spiro atoms. The molecule has 2 aromatic heterocycles. The maximum atomic E-state index is 12.5. The second-order valence-electron chi connectivity index (χ2n) is 4.99. The Morgan fingerprint density at radius 1 is 1.24 bits per heavy atom. The van der Waals surface area contributed by atoms with E-state index in [-0.39, 0.29) is 5.91 Å². The van der Waals surface area contributed by atoms with Crippen LogP contribution in [-0.2, 0) is 0 Å². The number of hydrogen-bond donors (Lipinski definition) is 1. The quantitative estimate of drug-likeness (QED) is 0.765. The summed E-state index contributed by atoms with van der Waals surface area (Å²) in [5, 5.41) is 2.95. The normalized spacial score (nSPS) is 10.8. The third-order valence-corrected chi connectivity index (χ3v) is 3.81. The number of nitrogens with zero attached hydrogens (tertiary/aromatic N) is 2. The van der Waals surface area contributed by atoms with Crippen LogP contribution in [0, 0.1) is 13.8 Å². The van der Waals surface area contributed by atoms with Gasteiger partial charge in [0.25, 0.3) is 5.91 Å². The number of fused-ring (bicyclic) bond motifs is 1. The molecule has 0 atom stereocenters. The zero-order valence-electron chi connectivity index (χ0n) is 11.7. The molecular formula is C16H14BrN3O. The molecule has 2 heterocycles. The highest BCUT2D eigenvalue weighted by Gasteiger charge is 2.13. The molecule has 3 aromatic rings. The third kappa shape index (κ3) is 2.69. The second kappa shape index (κ2) is 5.33. The number of nitrogens with one attached hydrogen (secondary N) is 1. The molecule has 106 valence electrons. The molecule has 0 aliphatic carbocycles. The first kappa shape index (κ1) is 13.8. The summed E-state index contributed by atoms with van der Waals surface area (Å²) >= 11 is 3.41. The van der Waals surface area contributed by atoms with Crippen molar-refractivity contribution in [3.05, 3.63) is 64.0 Å². The van der Waals surface area contributed by atoms with Gasteiger partial charge in [-0.15, -0.1) is 0 Å². The van der Waals surface area contributed by atoms with Gasteiger partial charge in [0.2, 0.25) is 0 Å². The Hall–Kier alpha value is -2.14. The summed E-state index contributed by atoms with van der Waals surface area (Å²) in [7, 11) is 0. The van der Waals surface area contributed by atoms with Crippen LogP contribution in [0.4, 0.5) is 5.69 Å². The van der Waals surface area contributed by atoms with E-state index in [1.54, 1.807) is 10.6 Å². The van der Waals surface area contributed by atoms with Crippen molar-refractivity contribution in [3.8, 4) is 0 Å². The van der Waals surface area contributed by atoms with Crippen molar-refractivity contribution in [2.45, 2.75) is 13.8 Å². The molecule has 3 rings (SSSR count). The number of carbonyl (C=O) groups excluding carboxylic acids is 1. The van der Waals surface area contributed by atoms with Crippen molar-refractivity contribution in [3.63, 3.8) is 0 Å². The maximum absolute atomic E-state index is 12.5. The lowest BCUT2D eigenvalue weighted by atomic mass is 10.1. The van der Waals surface area contributed by atoms with Gasteiger partial charge in [-0.05, 0) is 59.1 Å². The summed E-state index contributed by atoms with van der Waals surface area (Å²) < 4.78 is 2.67. The van der Waals surface area contributed by atoms with Crippen LogP contribution in [0.1, 0.15) is 21.6 Å². The van der Waals surface area contributed by atoms with Gasteiger partial charge in [0.15, 0.2) is 0 Å². The molecule has 0 fully saturated rings. The summed E-state index contributed by atoms with van der Waals surface area (Å²) in [5.74, 6) is -0.172. The standard InChI is InChI=1S/C16H14BrN3O/c1-10-3-4-11(2)13(7-10)19-16(21)14-8-18-15-6-5-12(17)9-20(14)15/h3-9H,1-2H3,(H,19,21). The fourth-order valence-electron chi connectivity index (χ4n) is 2.18. The van der Waals surface area contributed by atoms with Crippen LogP contribution in [-0.4, -0.2) is 15.3 Å². The summed E-state index contributed by atoms with van der Waals surface area (Å²) in [6, 6.07) is 9.74. The predicted octanol–water partition coefficient (Wildman–Crippen LogP) is 3.97. The molecular weight excluding hydrogens is 330 g/mol. The number of anilines is 1. The van der Waals surface area contributed by atoms with E-state index in [1.807, 2.05) is 50.4 Å². The van der Waals surface area contributed by atoms with Crippen LogP contribution >= 0.6 is 15.9 Å². The lowest BCUT2D eigenvalue weighted by Crippen LogP contribution is -2.15. The highest BCUT2D eigenvalue weighted by Crippen LogP contribution is 2.19. The van der Waals surface area contributed by atoms with Crippen LogP contribution in [0.15, 0.2) is 47.2 Å². The molecule has 4 nitrogen and oxygen atoms in total. The van der Waals surface area contributed by atoms with Crippen molar-refractivity contribution < 1.29 is 4.79 Å². The molecule has 0 aliphatic heterocycles. The van der Waals surface area contributed by atoms with E-state index in [0.29, 0.717) is 5.69 Å². The van der Waals surface area contributed by atoms with Crippen LogP contribution < -0.4 is 5.32 Å². The average molecular weight is 344 g/mol. The van der Waals surface area contributed by atoms with E-state index in [2.05, 4.69) is 26.2 Å². The van der Waals surface area contributed by atoms with Crippen LogP contribution in [0.5, 0.6) is 0 Å². The average Bonchev–Trinajstić information content (AvgIpc) is 2.85. The molecule has 0 bridgehead atoms. The number of carbonyl (C=O) groups is 1. The minimum atomic E-state index is -0.172. The molecule has 1 aromatic carbocycles. The van der Waals surface area contributed by atoms with E-state index in [9.17, 15) is 4.79 Å².